The number of nitrogens with zero attached hydrogens (tertiary/aromatic N) is 2. The molecule has 0 saturated carbocycles. The van der Waals surface area contributed by atoms with Gasteiger partial charge < -0.3 is 5.32 Å². The highest BCUT2D eigenvalue weighted by Crippen LogP contribution is 2.10. The lowest BCUT2D eigenvalue weighted by Gasteiger charge is -2.08. The van der Waals surface area contributed by atoms with Crippen LogP contribution in [0.15, 0.2) is 41.5 Å². The maximum atomic E-state index is 11.9. The molecule has 1 N–H and O–H groups in total. The highest BCUT2D eigenvalue weighted by atomic mass is 16.2. The van der Waals surface area contributed by atoms with Gasteiger partial charge in [-0.1, -0.05) is 6.92 Å². The van der Waals surface area contributed by atoms with E-state index in [0.29, 0.717) is 23.4 Å². The lowest BCUT2D eigenvalue weighted by molar-refractivity contribution is -0.116. The van der Waals surface area contributed by atoms with Crippen LogP contribution in [0.5, 0.6) is 0 Å². The van der Waals surface area contributed by atoms with Crippen molar-refractivity contribution in [1.29, 1.82) is 0 Å². The van der Waals surface area contributed by atoms with E-state index in [9.17, 15) is 14.4 Å². The van der Waals surface area contributed by atoms with Gasteiger partial charge in [-0.05, 0) is 37.6 Å². The molecule has 0 spiro atoms. The predicted octanol–water partition coefficient (Wildman–Crippen LogP) is 1.65. The average Bonchev–Trinajstić information content (AvgIpc) is 2.49. The maximum absolute atomic E-state index is 11.9. The standard InChI is InChI=1S/C16H17N3O3/c1-3-13-8-16(22)19(10-17-13)9-15(21)18-14-6-4-12(5-7-14)11(2)20/h4-8,10H,3,9H2,1-2H3,(H,18,21). The minimum absolute atomic E-state index is 0.0356. The molecule has 1 aromatic carbocycles. The van der Waals surface area contributed by atoms with Crippen molar-refractivity contribution < 1.29 is 9.59 Å². The van der Waals surface area contributed by atoms with Crippen molar-refractivity contribution in [3.8, 4) is 0 Å². The summed E-state index contributed by atoms with van der Waals surface area (Å²) in [6.45, 7) is 3.28. The van der Waals surface area contributed by atoms with E-state index < -0.39 is 0 Å². The molecule has 6 nitrogen and oxygen atoms in total. The molecular formula is C16H17N3O3. The zero-order chi connectivity index (χ0) is 16.1. The van der Waals surface area contributed by atoms with E-state index in [1.165, 1.54) is 23.9 Å². The van der Waals surface area contributed by atoms with Gasteiger partial charge >= 0.3 is 0 Å². The molecule has 0 bridgehead atoms. The van der Waals surface area contributed by atoms with Crippen molar-refractivity contribution >= 4 is 17.4 Å². The monoisotopic (exact) mass is 299 g/mol. The van der Waals surface area contributed by atoms with Crippen LogP contribution in [0.4, 0.5) is 5.69 Å². The molecule has 2 rings (SSSR count). The van der Waals surface area contributed by atoms with Crippen LogP contribution in [0.3, 0.4) is 0 Å². The summed E-state index contributed by atoms with van der Waals surface area (Å²) in [5.41, 5.74) is 1.59. The zero-order valence-electron chi connectivity index (χ0n) is 12.5. The van der Waals surface area contributed by atoms with Crippen LogP contribution in [0.1, 0.15) is 29.9 Å². The minimum Gasteiger partial charge on any atom is -0.325 e. The number of carbonyl (C=O) groups is 2. The Labute approximate surface area is 127 Å². The maximum Gasteiger partial charge on any atom is 0.253 e. The van der Waals surface area contributed by atoms with E-state index in [1.54, 1.807) is 24.3 Å². The third-order valence-electron chi connectivity index (χ3n) is 3.19. The second-order valence-electron chi connectivity index (χ2n) is 4.88. The Kier molecular flexibility index (Phi) is 4.83. The molecule has 1 heterocycles. The Bertz CT molecular complexity index is 748. The molecule has 6 heteroatoms. The molecule has 0 unspecified atom stereocenters. The highest BCUT2D eigenvalue weighted by Gasteiger charge is 2.07. The summed E-state index contributed by atoms with van der Waals surface area (Å²) in [7, 11) is 0. The Balaban J connectivity index is 2.04. The van der Waals surface area contributed by atoms with Crippen molar-refractivity contribution in [3.05, 3.63) is 58.3 Å². The third kappa shape index (κ3) is 3.88. The van der Waals surface area contributed by atoms with Crippen LogP contribution < -0.4 is 10.9 Å². The van der Waals surface area contributed by atoms with E-state index in [4.69, 9.17) is 0 Å². The summed E-state index contributed by atoms with van der Waals surface area (Å²) < 4.78 is 1.25. The van der Waals surface area contributed by atoms with E-state index in [0.717, 1.165) is 0 Å². The van der Waals surface area contributed by atoms with Gasteiger partial charge in [-0.15, -0.1) is 0 Å². The number of hydrogen-bond donors (Lipinski definition) is 1. The second-order valence-corrected chi connectivity index (χ2v) is 4.88. The van der Waals surface area contributed by atoms with Crippen LogP contribution in [-0.2, 0) is 17.8 Å². The number of amides is 1. The number of ketones is 1. The molecule has 1 amide bonds. The highest BCUT2D eigenvalue weighted by molar-refractivity contribution is 5.95. The molecule has 0 aliphatic heterocycles. The lowest BCUT2D eigenvalue weighted by atomic mass is 10.1. The number of rotatable bonds is 5. The Hall–Kier alpha value is -2.76. The number of aromatic nitrogens is 2. The van der Waals surface area contributed by atoms with Crippen molar-refractivity contribution in [1.82, 2.24) is 9.55 Å². The molecule has 0 atom stereocenters. The summed E-state index contributed by atoms with van der Waals surface area (Å²) in [5.74, 6) is -0.366. The summed E-state index contributed by atoms with van der Waals surface area (Å²) in [5, 5.41) is 2.67. The van der Waals surface area contributed by atoms with Crippen LogP contribution in [-0.4, -0.2) is 21.2 Å². The number of carbonyl (C=O) groups excluding carboxylic acids is 2. The summed E-state index contributed by atoms with van der Waals surface area (Å²) in [6.07, 6.45) is 2.05. The van der Waals surface area contributed by atoms with Gasteiger partial charge in [-0.3, -0.25) is 19.0 Å². The number of anilines is 1. The molecule has 0 fully saturated rings. The predicted molar refractivity (Wildman–Crippen MR) is 83.0 cm³/mol. The van der Waals surface area contributed by atoms with Crippen LogP contribution in [0, 0.1) is 0 Å². The molecule has 0 saturated heterocycles. The lowest BCUT2D eigenvalue weighted by Crippen LogP contribution is -2.27. The summed E-state index contributed by atoms with van der Waals surface area (Å²) >= 11 is 0. The van der Waals surface area contributed by atoms with Gasteiger partial charge in [0.25, 0.3) is 5.56 Å². The largest absolute Gasteiger partial charge is 0.325 e. The fraction of sp³-hybridized carbons (Fsp3) is 0.250. The first-order valence-electron chi connectivity index (χ1n) is 6.96. The van der Waals surface area contributed by atoms with Crippen molar-refractivity contribution in [2.24, 2.45) is 0 Å². The molecule has 114 valence electrons. The van der Waals surface area contributed by atoms with E-state index in [2.05, 4.69) is 10.3 Å². The average molecular weight is 299 g/mol. The zero-order valence-corrected chi connectivity index (χ0v) is 12.5. The molecule has 2 aromatic rings. The van der Waals surface area contributed by atoms with Gasteiger partial charge in [0.15, 0.2) is 5.78 Å². The van der Waals surface area contributed by atoms with Gasteiger partial charge in [0.2, 0.25) is 5.91 Å². The normalized spacial score (nSPS) is 10.3. The fourth-order valence-electron chi connectivity index (χ4n) is 1.92. The molecule has 0 aliphatic rings. The molecule has 0 aliphatic carbocycles. The van der Waals surface area contributed by atoms with Gasteiger partial charge in [0.1, 0.15) is 6.54 Å². The molecular weight excluding hydrogens is 282 g/mol. The van der Waals surface area contributed by atoms with Gasteiger partial charge in [-0.2, -0.15) is 0 Å². The van der Waals surface area contributed by atoms with Crippen LogP contribution in [0.2, 0.25) is 0 Å². The Morgan fingerprint density at radius 3 is 2.45 bits per heavy atom. The number of aryl methyl sites for hydroxylation is 1. The summed E-state index contributed by atoms with van der Waals surface area (Å²) in [6, 6.07) is 8.00. The number of benzene rings is 1. The minimum atomic E-state index is -0.330. The Morgan fingerprint density at radius 2 is 1.91 bits per heavy atom. The van der Waals surface area contributed by atoms with Crippen molar-refractivity contribution in [3.63, 3.8) is 0 Å². The molecule has 1 aromatic heterocycles. The fourth-order valence-corrected chi connectivity index (χ4v) is 1.92. The van der Waals surface area contributed by atoms with Crippen LogP contribution >= 0.6 is 0 Å². The van der Waals surface area contributed by atoms with Crippen LogP contribution in [0.25, 0.3) is 0 Å². The first kappa shape index (κ1) is 15.6. The van der Waals surface area contributed by atoms with E-state index >= 15 is 0 Å². The second kappa shape index (κ2) is 6.80. The number of nitrogens with one attached hydrogen (secondary N) is 1. The van der Waals surface area contributed by atoms with Crippen molar-refractivity contribution in [2.45, 2.75) is 26.8 Å². The van der Waals surface area contributed by atoms with Gasteiger partial charge in [-0.25, -0.2) is 4.98 Å². The smallest absolute Gasteiger partial charge is 0.253 e. The summed E-state index contributed by atoms with van der Waals surface area (Å²) in [4.78, 5) is 39.0. The van der Waals surface area contributed by atoms with E-state index in [-0.39, 0.29) is 23.8 Å². The first-order valence-corrected chi connectivity index (χ1v) is 6.96. The third-order valence-corrected chi connectivity index (χ3v) is 3.19. The number of hydrogen-bond acceptors (Lipinski definition) is 4. The van der Waals surface area contributed by atoms with Crippen molar-refractivity contribution in [2.75, 3.05) is 5.32 Å². The SMILES string of the molecule is CCc1cc(=O)n(CC(=O)Nc2ccc(C(C)=O)cc2)cn1. The Morgan fingerprint density at radius 1 is 1.23 bits per heavy atom. The first-order chi connectivity index (χ1) is 10.5. The number of Topliss-reactive ketones (excluding diaryl/α,β-unsaturated/α-hetero) is 1. The molecule has 22 heavy (non-hydrogen) atoms. The molecule has 0 radical (unpaired) electrons. The van der Waals surface area contributed by atoms with Gasteiger partial charge in [0, 0.05) is 23.0 Å². The van der Waals surface area contributed by atoms with E-state index in [1.807, 2.05) is 6.92 Å². The quantitative estimate of drug-likeness (QED) is 0.851. The topological polar surface area (TPSA) is 81.1 Å². The van der Waals surface area contributed by atoms with Gasteiger partial charge in [0.05, 0.1) is 6.33 Å².